The number of ether oxygens (including phenoxy) is 2. The highest BCUT2D eigenvalue weighted by atomic mass is 16.6. The van der Waals surface area contributed by atoms with Gasteiger partial charge in [-0.1, -0.05) is 61.5 Å². The summed E-state index contributed by atoms with van der Waals surface area (Å²) < 4.78 is 11.4. The molecular formula is C29H33NO4. The Labute approximate surface area is 202 Å². The number of benzene rings is 3. The van der Waals surface area contributed by atoms with Gasteiger partial charge in [-0.15, -0.1) is 0 Å². The first-order valence-corrected chi connectivity index (χ1v) is 11.7. The van der Waals surface area contributed by atoms with E-state index in [1.165, 1.54) is 11.1 Å². The van der Waals surface area contributed by atoms with Gasteiger partial charge in [0.2, 0.25) is 0 Å². The van der Waals surface area contributed by atoms with Crippen LogP contribution in [-0.2, 0) is 9.53 Å². The highest BCUT2D eigenvalue weighted by molar-refractivity contribution is 5.94. The molecule has 0 bridgehead atoms. The zero-order chi connectivity index (χ0) is 24.6. The zero-order valence-electron chi connectivity index (χ0n) is 20.3. The van der Waals surface area contributed by atoms with Crippen molar-refractivity contribution in [2.75, 3.05) is 6.54 Å². The zero-order valence-corrected chi connectivity index (χ0v) is 20.3. The van der Waals surface area contributed by atoms with Crippen molar-refractivity contribution in [3.8, 4) is 16.9 Å². The maximum atomic E-state index is 12.4. The first-order chi connectivity index (χ1) is 16.2. The first kappa shape index (κ1) is 25.0. The lowest BCUT2D eigenvalue weighted by Gasteiger charge is -2.19. The van der Waals surface area contributed by atoms with Crippen LogP contribution in [0.5, 0.6) is 5.75 Å². The van der Waals surface area contributed by atoms with E-state index in [1.54, 1.807) is 24.3 Å². The molecule has 5 heteroatoms. The third kappa shape index (κ3) is 7.48. The van der Waals surface area contributed by atoms with Crippen molar-refractivity contribution in [1.29, 1.82) is 0 Å². The number of nitrogens with one attached hydrogen (secondary N) is 1. The van der Waals surface area contributed by atoms with E-state index in [4.69, 9.17) is 9.47 Å². The van der Waals surface area contributed by atoms with Gasteiger partial charge in [0, 0.05) is 12.1 Å². The van der Waals surface area contributed by atoms with Gasteiger partial charge in [-0.3, -0.25) is 9.59 Å². The Morgan fingerprint density at radius 2 is 1.47 bits per heavy atom. The molecule has 0 aliphatic carbocycles. The molecule has 0 unspecified atom stereocenters. The Balaban J connectivity index is 1.54. The number of hydrogen-bond acceptors (Lipinski definition) is 4. The maximum absolute atomic E-state index is 12.4. The number of rotatable bonds is 9. The second-order valence-electron chi connectivity index (χ2n) is 9.12. The fourth-order valence-corrected chi connectivity index (χ4v) is 3.53. The van der Waals surface area contributed by atoms with Gasteiger partial charge in [-0.2, -0.15) is 0 Å². The summed E-state index contributed by atoms with van der Waals surface area (Å²) in [6, 6.07) is 25.7. The minimum atomic E-state index is -0.531. The topological polar surface area (TPSA) is 64.6 Å². The lowest BCUT2D eigenvalue weighted by molar-refractivity contribution is -0.154. The molecular weight excluding hydrogens is 426 g/mol. The quantitative estimate of drug-likeness (QED) is 0.379. The van der Waals surface area contributed by atoms with Crippen LogP contribution in [0, 0.1) is 0 Å². The summed E-state index contributed by atoms with van der Waals surface area (Å²) in [6.07, 6.45) is 0.863. The molecule has 3 aromatic carbocycles. The highest BCUT2D eigenvalue weighted by Gasteiger charge is 2.16. The average Bonchev–Trinajstić information content (AvgIpc) is 2.82. The molecule has 0 aromatic heterocycles. The van der Waals surface area contributed by atoms with Gasteiger partial charge < -0.3 is 14.8 Å². The predicted molar refractivity (Wildman–Crippen MR) is 135 cm³/mol. The van der Waals surface area contributed by atoms with Gasteiger partial charge in [-0.05, 0) is 68.1 Å². The van der Waals surface area contributed by atoms with Crippen molar-refractivity contribution in [1.82, 2.24) is 5.32 Å². The number of amides is 1. The normalized spacial score (nSPS) is 12.0. The van der Waals surface area contributed by atoms with Gasteiger partial charge in [0.15, 0.2) is 0 Å². The SMILES string of the molecule is CC[C@@H](Oc1ccc(C(=O)NCCC(=O)OC(C)(C)C)cc1)c1ccc(-c2ccccc2)cc1. The molecule has 5 nitrogen and oxygen atoms in total. The first-order valence-electron chi connectivity index (χ1n) is 11.7. The van der Waals surface area contributed by atoms with Gasteiger partial charge in [0.25, 0.3) is 5.91 Å². The number of carbonyl (C=O) groups is 2. The monoisotopic (exact) mass is 459 g/mol. The summed E-state index contributed by atoms with van der Waals surface area (Å²) in [5.74, 6) is 0.127. The molecule has 0 aliphatic heterocycles. The van der Waals surface area contributed by atoms with Crippen molar-refractivity contribution >= 4 is 11.9 Å². The van der Waals surface area contributed by atoms with E-state index in [-0.39, 0.29) is 30.9 Å². The maximum Gasteiger partial charge on any atom is 0.308 e. The fourth-order valence-electron chi connectivity index (χ4n) is 3.53. The van der Waals surface area contributed by atoms with Crippen LogP contribution < -0.4 is 10.1 Å². The molecule has 0 saturated carbocycles. The number of carbonyl (C=O) groups excluding carboxylic acids is 2. The highest BCUT2D eigenvalue weighted by Crippen LogP contribution is 2.27. The Hall–Kier alpha value is -3.60. The van der Waals surface area contributed by atoms with Crippen LogP contribution >= 0.6 is 0 Å². The summed E-state index contributed by atoms with van der Waals surface area (Å²) in [4.78, 5) is 24.1. The largest absolute Gasteiger partial charge is 0.486 e. The lowest BCUT2D eigenvalue weighted by atomic mass is 10.0. The van der Waals surface area contributed by atoms with Gasteiger partial charge in [0.05, 0.1) is 6.42 Å². The lowest BCUT2D eigenvalue weighted by Crippen LogP contribution is -2.29. The van der Waals surface area contributed by atoms with E-state index in [9.17, 15) is 9.59 Å². The Morgan fingerprint density at radius 1 is 0.853 bits per heavy atom. The molecule has 0 heterocycles. The summed E-state index contributed by atoms with van der Waals surface area (Å²) >= 11 is 0. The van der Waals surface area contributed by atoms with Crippen LogP contribution in [0.1, 0.15) is 62.6 Å². The fraction of sp³-hybridized carbons (Fsp3) is 0.310. The van der Waals surface area contributed by atoms with Crippen LogP contribution in [-0.4, -0.2) is 24.0 Å². The Bertz CT molecular complexity index is 1070. The molecule has 0 radical (unpaired) electrons. The summed E-state index contributed by atoms with van der Waals surface area (Å²) in [5, 5.41) is 2.75. The molecule has 1 amide bonds. The molecule has 0 saturated heterocycles. The second kappa shape index (κ2) is 11.5. The van der Waals surface area contributed by atoms with Crippen molar-refractivity contribution in [2.24, 2.45) is 0 Å². The molecule has 34 heavy (non-hydrogen) atoms. The Kier molecular flexibility index (Phi) is 8.47. The third-order valence-electron chi connectivity index (χ3n) is 5.19. The standard InChI is InChI=1S/C29H33NO4/c1-5-26(23-13-11-22(12-14-23)21-9-7-6-8-10-21)33-25-17-15-24(16-18-25)28(32)30-20-19-27(31)34-29(2,3)4/h6-18,26H,5,19-20H2,1-4H3,(H,30,32)/t26-/m1/s1. The van der Waals surface area contributed by atoms with Gasteiger partial charge >= 0.3 is 5.97 Å². The molecule has 178 valence electrons. The van der Waals surface area contributed by atoms with Crippen LogP contribution in [0.3, 0.4) is 0 Å². The van der Waals surface area contributed by atoms with Crippen molar-refractivity contribution in [3.63, 3.8) is 0 Å². The summed E-state index contributed by atoms with van der Waals surface area (Å²) in [5.41, 5.74) is 3.43. The van der Waals surface area contributed by atoms with Crippen molar-refractivity contribution < 1.29 is 19.1 Å². The van der Waals surface area contributed by atoms with Crippen LogP contribution in [0.25, 0.3) is 11.1 Å². The number of esters is 1. The summed E-state index contributed by atoms with van der Waals surface area (Å²) in [6.45, 7) is 7.76. The van der Waals surface area contributed by atoms with E-state index >= 15 is 0 Å². The minimum absolute atomic E-state index is 0.0849. The molecule has 0 aliphatic rings. The third-order valence-corrected chi connectivity index (χ3v) is 5.19. The van der Waals surface area contributed by atoms with Crippen LogP contribution in [0.2, 0.25) is 0 Å². The van der Waals surface area contributed by atoms with Crippen LogP contribution in [0.15, 0.2) is 78.9 Å². The van der Waals surface area contributed by atoms with Gasteiger partial charge in [0.1, 0.15) is 17.5 Å². The molecule has 3 aromatic rings. The van der Waals surface area contributed by atoms with E-state index in [0.717, 1.165) is 12.0 Å². The molecule has 1 N–H and O–H groups in total. The van der Waals surface area contributed by atoms with Crippen molar-refractivity contribution in [3.05, 3.63) is 90.0 Å². The smallest absolute Gasteiger partial charge is 0.308 e. The Morgan fingerprint density at radius 3 is 2.06 bits per heavy atom. The predicted octanol–water partition coefficient (Wildman–Crippen LogP) is 6.35. The van der Waals surface area contributed by atoms with Crippen LogP contribution in [0.4, 0.5) is 0 Å². The second-order valence-corrected chi connectivity index (χ2v) is 9.12. The average molecular weight is 460 g/mol. The number of hydrogen-bond donors (Lipinski definition) is 1. The summed E-state index contributed by atoms with van der Waals surface area (Å²) in [7, 11) is 0. The van der Waals surface area contributed by atoms with Gasteiger partial charge in [-0.25, -0.2) is 0 Å². The molecule has 0 fully saturated rings. The molecule has 1 atom stereocenters. The van der Waals surface area contributed by atoms with E-state index in [0.29, 0.717) is 11.3 Å². The molecule has 0 spiro atoms. The van der Waals surface area contributed by atoms with E-state index in [2.05, 4.69) is 48.6 Å². The molecule has 3 rings (SSSR count). The van der Waals surface area contributed by atoms with Crippen molar-refractivity contribution in [2.45, 2.75) is 52.2 Å². The van der Waals surface area contributed by atoms with E-state index < -0.39 is 5.60 Å². The minimum Gasteiger partial charge on any atom is -0.486 e. The van der Waals surface area contributed by atoms with E-state index in [1.807, 2.05) is 39.0 Å².